The van der Waals surface area contributed by atoms with E-state index in [1.165, 1.54) is 105 Å². The van der Waals surface area contributed by atoms with Gasteiger partial charge in [-0.25, -0.2) is 12.1 Å². The van der Waals surface area contributed by atoms with E-state index in [-0.39, 0.29) is 46.5 Å². The Morgan fingerprint density at radius 3 is 1.36 bits per heavy atom. The fourth-order valence-corrected chi connectivity index (χ4v) is 9.05. The van der Waals surface area contributed by atoms with Crippen molar-refractivity contribution >= 4 is 24.8 Å². The van der Waals surface area contributed by atoms with Crippen LogP contribution in [-0.2, 0) is 52.3 Å². The maximum atomic E-state index is 3.90. The van der Waals surface area contributed by atoms with Gasteiger partial charge in [-0.15, -0.1) is 16.7 Å². The van der Waals surface area contributed by atoms with Crippen LogP contribution in [-0.4, -0.2) is 3.21 Å². The molecule has 3 heteroatoms. The number of halogens is 2. The van der Waals surface area contributed by atoms with Crippen molar-refractivity contribution in [2.24, 2.45) is 0 Å². The quantitative estimate of drug-likeness (QED) is 0.153. The Morgan fingerprint density at radius 1 is 0.500 bits per heavy atom. The number of fused-ring (bicyclic) bond motifs is 5. The van der Waals surface area contributed by atoms with E-state index in [1.54, 1.807) is 0 Å². The summed E-state index contributed by atoms with van der Waals surface area (Å²) in [5.74, 6) is 0. The van der Waals surface area contributed by atoms with Crippen LogP contribution in [0.1, 0.15) is 128 Å². The van der Waals surface area contributed by atoms with Gasteiger partial charge in [-0.2, -0.15) is 35.9 Å². The molecule has 0 amide bonds. The van der Waals surface area contributed by atoms with Gasteiger partial charge in [-0.1, -0.05) is 106 Å². The molecule has 0 spiro atoms. The molecule has 0 nitrogen and oxygen atoms in total. The van der Waals surface area contributed by atoms with Crippen LogP contribution in [0.3, 0.4) is 0 Å². The van der Waals surface area contributed by atoms with Gasteiger partial charge in [-0.3, -0.25) is 0 Å². The number of rotatable bonds is 2. The van der Waals surface area contributed by atoms with Gasteiger partial charge < -0.3 is 24.8 Å². The molecule has 0 radical (unpaired) electrons. The second kappa shape index (κ2) is 18.4. The van der Waals surface area contributed by atoms with Crippen molar-refractivity contribution in [3.8, 4) is 11.1 Å². The fraction of sp³-hybridized carbons (Fsp3) is 0.309. The standard InChI is InChI=1S/C29H41.C21H14.C5H5.2ClH.Zr/c1-26(2,3)22-14-18-13-19-15-23(27(4,5)6)25(29(10,11)12)17-21(19)20(18)16-24(22)28(7,8)9;1-3-13-20-16(7-1)9-5-11-18(20)15-19-12-6-10-17-8-2-4-14-21(17)19;1-2-4-5-3-1;;;/h14,16-17H,13H2,1-12H3;1-14H;1-5H;2*1H;/q-1;;-1;;;+2/p-2. The average Bonchev–Trinajstić information content (AvgIpc) is 3.84. The van der Waals surface area contributed by atoms with E-state index >= 15 is 0 Å². The molecule has 0 atom stereocenters. The van der Waals surface area contributed by atoms with E-state index in [9.17, 15) is 0 Å². The predicted molar refractivity (Wildman–Crippen MR) is 241 cm³/mol. The van der Waals surface area contributed by atoms with Gasteiger partial charge in [0.1, 0.15) is 0 Å². The van der Waals surface area contributed by atoms with Gasteiger partial charge in [0.15, 0.2) is 0 Å². The summed E-state index contributed by atoms with van der Waals surface area (Å²) >= 11 is 1.44. The summed E-state index contributed by atoms with van der Waals surface area (Å²) in [6, 6.07) is 51.8. The molecule has 1 aliphatic rings. The van der Waals surface area contributed by atoms with E-state index in [4.69, 9.17) is 0 Å². The summed E-state index contributed by atoms with van der Waals surface area (Å²) in [6.07, 6.45) is 1.01. The van der Waals surface area contributed by atoms with Gasteiger partial charge >= 0.3 is 145 Å². The van der Waals surface area contributed by atoms with Crippen molar-refractivity contribution in [3.05, 3.63) is 184 Å². The molecule has 300 valence electrons. The Bertz CT molecular complexity index is 2300. The second-order valence-electron chi connectivity index (χ2n) is 19.6. The van der Waals surface area contributed by atoms with Gasteiger partial charge in [0, 0.05) is 0 Å². The molecule has 0 aliphatic heterocycles. The van der Waals surface area contributed by atoms with E-state index in [1.807, 2.05) is 30.3 Å². The molecular weight excluding hydrogens is 823 g/mol. The van der Waals surface area contributed by atoms with Crippen LogP contribution in [0.25, 0.3) is 32.7 Å². The molecule has 58 heavy (non-hydrogen) atoms. The van der Waals surface area contributed by atoms with Gasteiger partial charge in [0.05, 0.1) is 0 Å². The molecule has 7 aromatic rings. The van der Waals surface area contributed by atoms with Crippen LogP contribution in [0.5, 0.6) is 0 Å². The van der Waals surface area contributed by atoms with Crippen molar-refractivity contribution < 1.29 is 49.0 Å². The zero-order chi connectivity index (χ0) is 40.6. The van der Waals surface area contributed by atoms with Crippen LogP contribution in [0.15, 0.2) is 133 Å². The van der Waals surface area contributed by atoms with Crippen molar-refractivity contribution in [1.82, 2.24) is 0 Å². The van der Waals surface area contributed by atoms with E-state index in [0.29, 0.717) is 0 Å². The van der Waals surface area contributed by atoms with Crippen molar-refractivity contribution in [2.45, 2.75) is 111 Å². The molecule has 7 aromatic carbocycles. The molecule has 0 aromatic heterocycles. The van der Waals surface area contributed by atoms with Crippen LogP contribution in [0, 0.1) is 6.07 Å². The summed E-state index contributed by atoms with van der Waals surface area (Å²) in [6.45, 7) is 28.0. The molecule has 0 bridgehead atoms. The SMILES string of the molecule is CC(C)(C)c1[c-]c2c(cc1C(C)(C)C)-c1cc(C(C)(C)C)c(C(C)(C)C)cc1C2.[Cl-].[Cl-].[Zr+2]=[C](c1cccc2ccccc12)c1cccc2ccccc12.c1cc[cH-]c1. The Kier molecular flexibility index (Phi) is 15.0. The third-order valence-electron chi connectivity index (χ3n) is 10.9. The van der Waals surface area contributed by atoms with E-state index < -0.39 is 0 Å². The van der Waals surface area contributed by atoms with E-state index in [2.05, 4.69) is 192 Å². The average molecular weight is 883 g/mol. The van der Waals surface area contributed by atoms with Crippen molar-refractivity contribution in [2.75, 3.05) is 0 Å². The van der Waals surface area contributed by atoms with E-state index in [0.717, 1.165) is 6.42 Å². The van der Waals surface area contributed by atoms with Gasteiger partial charge in [-0.05, 0) is 39.4 Å². The van der Waals surface area contributed by atoms with Crippen LogP contribution in [0.4, 0.5) is 0 Å². The predicted octanol–water partition coefficient (Wildman–Crippen LogP) is 8.77. The molecular formula is C55H60Cl2Zr-2. The zero-order valence-corrected chi connectivity index (χ0v) is 40.6. The molecule has 0 N–H and O–H groups in total. The first-order valence-electron chi connectivity index (χ1n) is 20.2. The number of hydrogen-bond donors (Lipinski definition) is 0. The van der Waals surface area contributed by atoms with Crippen LogP contribution in [0.2, 0.25) is 0 Å². The van der Waals surface area contributed by atoms with Crippen molar-refractivity contribution in [1.29, 1.82) is 0 Å². The number of benzene rings is 6. The topological polar surface area (TPSA) is 0 Å². The van der Waals surface area contributed by atoms with Crippen molar-refractivity contribution in [3.63, 3.8) is 0 Å². The maximum Gasteiger partial charge on any atom is -0.172 e. The van der Waals surface area contributed by atoms with Gasteiger partial charge in [0.25, 0.3) is 0 Å². The summed E-state index contributed by atoms with van der Waals surface area (Å²) in [4.78, 5) is 0. The summed E-state index contributed by atoms with van der Waals surface area (Å²) in [5.41, 5.74) is 14.7. The molecule has 8 rings (SSSR count). The Morgan fingerprint density at radius 2 is 0.931 bits per heavy atom. The Hall–Kier alpha value is -3.48. The van der Waals surface area contributed by atoms with Crippen LogP contribution >= 0.6 is 0 Å². The molecule has 1 aliphatic carbocycles. The smallest absolute Gasteiger partial charge is 0.172 e. The largest absolute Gasteiger partial charge is 0.214 e. The molecule has 0 heterocycles. The molecule has 0 saturated carbocycles. The Balaban J connectivity index is 0.000000227. The normalized spacial score (nSPS) is 12.2. The first-order chi connectivity index (χ1) is 26.2. The third-order valence-corrected chi connectivity index (χ3v) is 12.2. The second-order valence-corrected chi connectivity index (χ2v) is 20.8. The molecule has 0 unspecified atom stereocenters. The third kappa shape index (κ3) is 10.4. The van der Waals surface area contributed by atoms with Crippen LogP contribution < -0.4 is 24.8 Å². The monoisotopic (exact) mass is 880 g/mol. The summed E-state index contributed by atoms with van der Waals surface area (Å²) in [5, 5.41) is 5.29. The summed E-state index contributed by atoms with van der Waals surface area (Å²) < 4.78 is 1.42. The maximum absolute atomic E-state index is 3.90. The molecule has 0 fully saturated rings. The zero-order valence-electron chi connectivity index (χ0n) is 36.7. The first kappa shape index (κ1) is 47.2. The first-order valence-corrected chi connectivity index (χ1v) is 21.5. The fourth-order valence-electron chi connectivity index (χ4n) is 7.98. The minimum absolute atomic E-state index is 0. The van der Waals surface area contributed by atoms with Gasteiger partial charge in [0.2, 0.25) is 0 Å². The summed E-state index contributed by atoms with van der Waals surface area (Å²) in [7, 11) is 0. The minimum Gasteiger partial charge on any atom is -0.214 e. The molecule has 0 saturated heterocycles. The Labute approximate surface area is 377 Å². The number of hydrogen-bond acceptors (Lipinski definition) is 0. The minimum atomic E-state index is 0.